The van der Waals surface area contributed by atoms with Crippen molar-refractivity contribution in [2.45, 2.75) is 20.8 Å². The molecule has 0 fully saturated rings. The van der Waals surface area contributed by atoms with Crippen LogP contribution in [-0.4, -0.2) is 19.2 Å². The van der Waals surface area contributed by atoms with Crippen molar-refractivity contribution in [3.63, 3.8) is 0 Å². The Morgan fingerprint density at radius 3 is 2.67 bits per heavy atom. The van der Waals surface area contributed by atoms with Crippen LogP contribution in [-0.2, 0) is 9.53 Å². The predicted octanol–water partition coefficient (Wildman–Crippen LogP) is 2.25. The van der Waals surface area contributed by atoms with Crippen molar-refractivity contribution in [1.29, 1.82) is 0 Å². The lowest BCUT2D eigenvalue weighted by Gasteiger charge is -2.08. The maximum Gasteiger partial charge on any atom is 0.344 e. The molecule has 0 saturated heterocycles. The van der Waals surface area contributed by atoms with E-state index in [0.29, 0.717) is 6.61 Å². The second-order valence-electron chi connectivity index (χ2n) is 3.36. The Bertz CT molecular complexity index is 345. The lowest BCUT2D eigenvalue weighted by Crippen LogP contribution is -2.14. The zero-order valence-corrected chi connectivity index (χ0v) is 9.37. The first-order valence-corrected chi connectivity index (χ1v) is 4.99. The molecule has 0 aliphatic heterocycles. The van der Waals surface area contributed by atoms with Gasteiger partial charge in [0, 0.05) is 0 Å². The van der Waals surface area contributed by atoms with Crippen molar-refractivity contribution >= 4 is 5.97 Å². The Morgan fingerprint density at radius 2 is 2.07 bits per heavy atom. The Labute approximate surface area is 90.0 Å². The SMILES string of the molecule is CCOC(=O)COc1ccc(C)cc1C. The van der Waals surface area contributed by atoms with E-state index >= 15 is 0 Å². The van der Waals surface area contributed by atoms with Crippen molar-refractivity contribution < 1.29 is 14.3 Å². The van der Waals surface area contributed by atoms with Gasteiger partial charge in [-0.05, 0) is 32.4 Å². The summed E-state index contributed by atoms with van der Waals surface area (Å²) in [6.07, 6.45) is 0. The minimum absolute atomic E-state index is 0.0300. The number of carbonyl (C=O) groups is 1. The second-order valence-corrected chi connectivity index (χ2v) is 3.36. The number of hydrogen-bond donors (Lipinski definition) is 0. The highest BCUT2D eigenvalue weighted by Crippen LogP contribution is 2.18. The number of ether oxygens (including phenoxy) is 2. The van der Waals surface area contributed by atoms with Gasteiger partial charge in [0.05, 0.1) is 6.61 Å². The fourth-order valence-electron chi connectivity index (χ4n) is 1.30. The van der Waals surface area contributed by atoms with E-state index in [2.05, 4.69) is 0 Å². The summed E-state index contributed by atoms with van der Waals surface area (Å²) in [4.78, 5) is 11.0. The molecule has 0 aromatic heterocycles. The van der Waals surface area contributed by atoms with E-state index in [0.717, 1.165) is 11.3 Å². The normalized spacial score (nSPS) is 9.80. The van der Waals surface area contributed by atoms with Crippen LogP contribution >= 0.6 is 0 Å². The molecule has 0 heterocycles. The molecule has 82 valence electrons. The van der Waals surface area contributed by atoms with Gasteiger partial charge in [0.1, 0.15) is 5.75 Å². The third-order valence-corrected chi connectivity index (χ3v) is 1.98. The number of rotatable bonds is 4. The maximum atomic E-state index is 11.0. The molecule has 0 radical (unpaired) electrons. The highest BCUT2D eigenvalue weighted by Gasteiger charge is 2.04. The van der Waals surface area contributed by atoms with Crippen molar-refractivity contribution in [2.24, 2.45) is 0 Å². The molecule has 0 aliphatic rings. The molecule has 1 aromatic carbocycles. The predicted molar refractivity (Wildman–Crippen MR) is 58.0 cm³/mol. The first-order valence-electron chi connectivity index (χ1n) is 4.99. The standard InChI is InChI=1S/C12H16O3/c1-4-14-12(13)8-15-11-6-5-9(2)7-10(11)3/h5-7H,4,8H2,1-3H3. The molecule has 0 aliphatic carbocycles. The average molecular weight is 208 g/mol. The molecule has 0 atom stereocenters. The Hall–Kier alpha value is -1.51. The zero-order valence-electron chi connectivity index (χ0n) is 9.37. The highest BCUT2D eigenvalue weighted by molar-refractivity contribution is 5.71. The lowest BCUT2D eigenvalue weighted by molar-refractivity contribution is -0.145. The van der Waals surface area contributed by atoms with Gasteiger partial charge in [0.25, 0.3) is 0 Å². The van der Waals surface area contributed by atoms with Gasteiger partial charge in [-0.25, -0.2) is 4.79 Å². The maximum absolute atomic E-state index is 11.0. The highest BCUT2D eigenvalue weighted by atomic mass is 16.6. The molecule has 3 nitrogen and oxygen atoms in total. The smallest absolute Gasteiger partial charge is 0.344 e. The summed E-state index contributed by atoms with van der Waals surface area (Å²) in [5, 5.41) is 0. The van der Waals surface area contributed by atoms with Gasteiger partial charge in [-0.1, -0.05) is 17.7 Å². The summed E-state index contributed by atoms with van der Waals surface area (Å²) in [6, 6.07) is 5.83. The van der Waals surface area contributed by atoms with Crippen LogP contribution < -0.4 is 4.74 Å². The molecule has 0 unspecified atom stereocenters. The van der Waals surface area contributed by atoms with Gasteiger partial charge >= 0.3 is 5.97 Å². The summed E-state index contributed by atoms with van der Waals surface area (Å²) in [5.41, 5.74) is 2.20. The molecule has 15 heavy (non-hydrogen) atoms. The fraction of sp³-hybridized carbons (Fsp3) is 0.417. The monoisotopic (exact) mass is 208 g/mol. The Kier molecular flexibility index (Phi) is 4.16. The molecule has 0 amide bonds. The molecule has 3 heteroatoms. The number of hydrogen-bond acceptors (Lipinski definition) is 3. The minimum Gasteiger partial charge on any atom is -0.482 e. The van der Waals surface area contributed by atoms with E-state index in [1.807, 2.05) is 32.0 Å². The lowest BCUT2D eigenvalue weighted by atomic mass is 10.1. The van der Waals surface area contributed by atoms with E-state index in [4.69, 9.17) is 9.47 Å². The Morgan fingerprint density at radius 1 is 1.33 bits per heavy atom. The first-order chi connectivity index (χ1) is 7.13. The van der Waals surface area contributed by atoms with E-state index in [1.54, 1.807) is 6.92 Å². The van der Waals surface area contributed by atoms with Gasteiger partial charge in [-0.2, -0.15) is 0 Å². The van der Waals surface area contributed by atoms with Crippen LogP contribution in [0.15, 0.2) is 18.2 Å². The fourth-order valence-corrected chi connectivity index (χ4v) is 1.30. The number of benzene rings is 1. The van der Waals surface area contributed by atoms with Gasteiger partial charge in [0.2, 0.25) is 0 Å². The number of aryl methyl sites for hydroxylation is 2. The molecular weight excluding hydrogens is 192 g/mol. The van der Waals surface area contributed by atoms with Crippen LogP contribution in [0.25, 0.3) is 0 Å². The van der Waals surface area contributed by atoms with Crippen molar-refractivity contribution in [1.82, 2.24) is 0 Å². The first kappa shape index (κ1) is 11.6. The van der Waals surface area contributed by atoms with Crippen LogP contribution in [0.2, 0.25) is 0 Å². The van der Waals surface area contributed by atoms with Gasteiger partial charge < -0.3 is 9.47 Å². The van der Waals surface area contributed by atoms with E-state index in [-0.39, 0.29) is 12.6 Å². The molecule has 1 rings (SSSR count). The van der Waals surface area contributed by atoms with Crippen LogP contribution in [0.1, 0.15) is 18.1 Å². The molecule has 1 aromatic rings. The van der Waals surface area contributed by atoms with Crippen LogP contribution in [0, 0.1) is 13.8 Å². The molecular formula is C12H16O3. The van der Waals surface area contributed by atoms with Crippen LogP contribution in [0.5, 0.6) is 5.75 Å². The second kappa shape index (κ2) is 5.39. The molecule has 0 bridgehead atoms. The topological polar surface area (TPSA) is 35.5 Å². The Balaban J connectivity index is 2.54. The van der Waals surface area contributed by atoms with Crippen molar-refractivity contribution in [3.05, 3.63) is 29.3 Å². The van der Waals surface area contributed by atoms with Crippen molar-refractivity contribution in [3.8, 4) is 5.75 Å². The quantitative estimate of drug-likeness (QED) is 0.712. The van der Waals surface area contributed by atoms with Gasteiger partial charge in [0.15, 0.2) is 6.61 Å². The van der Waals surface area contributed by atoms with Crippen molar-refractivity contribution in [2.75, 3.05) is 13.2 Å². The zero-order chi connectivity index (χ0) is 11.3. The van der Waals surface area contributed by atoms with E-state index < -0.39 is 0 Å². The summed E-state index contributed by atoms with van der Waals surface area (Å²) < 4.78 is 10.1. The largest absolute Gasteiger partial charge is 0.482 e. The number of esters is 1. The van der Waals surface area contributed by atoms with Gasteiger partial charge in [-0.15, -0.1) is 0 Å². The summed E-state index contributed by atoms with van der Waals surface area (Å²) in [7, 11) is 0. The van der Waals surface area contributed by atoms with E-state index in [9.17, 15) is 4.79 Å². The molecule has 0 N–H and O–H groups in total. The third kappa shape index (κ3) is 3.62. The minimum atomic E-state index is -0.336. The molecule has 0 saturated carbocycles. The number of carbonyl (C=O) groups excluding carboxylic acids is 1. The van der Waals surface area contributed by atoms with Crippen LogP contribution in [0.4, 0.5) is 0 Å². The van der Waals surface area contributed by atoms with E-state index in [1.165, 1.54) is 5.56 Å². The summed E-state index contributed by atoms with van der Waals surface area (Å²) in [5.74, 6) is 0.395. The molecule has 0 spiro atoms. The van der Waals surface area contributed by atoms with Crippen LogP contribution in [0.3, 0.4) is 0 Å². The summed E-state index contributed by atoms with van der Waals surface area (Å²) >= 11 is 0. The third-order valence-electron chi connectivity index (χ3n) is 1.98. The van der Waals surface area contributed by atoms with Gasteiger partial charge in [-0.3, -0.25) is 0 Å². The average Bonchev–Trinajstić information content (AvgIpc) is 2.17. The summed E-state index contributed by atoms with van der Waals surface area (Å²) in [6.45, 7) is 6.09.